The topological polar surface area (TPSA) is 137 Å². The third kappa shape index (κ3) is 5.67. The highest BCUT2D eigenvalue weighted by Gasteiger charge is 2.43. The number of alkyl halides is 2. The molecule has 0 saturated carbocycles. The van der Waals surface area contributed by atoms with E-state index >= 15 is 4.39 Å². The molecule has 45 heavy (non-hydrogen) atoms. The van der Waals surface area contributed by atoms with Gasteiger partial charge in [-0.05, 0) is 67.4 Å². The van der Waals surface area contributed by atoms with E-state index in [-0.39, 0.29) is 57.9 Å². The summed E-state index contributed by atoms with van der Waals surface area (Å²) < 4.78 is 84.7. The Morgan fingerprint density at radius 3 is 2.33 bits per heavy atom. The largest absolute Gasteiger partial charge is 0.586 e. The number of benzene rings is 3. The molecule has 2 aromatic heterocycles. The Labute approximate surface area is 255 Å². The second-order valence-electron chi connectivity index (χ2n) is 10.5. The summed E-state index contributed by atoms with van der Waals surface area (Å²) in [5, 5.41) is 19.3. The van der Waals surface area contributed by atoms with Gasteiger partial charge in [-0.3, -0.25) is 0 Å². The Morgan fingerprint density at radius 2 is 1.67 bits per heavy atom. The molecule has 0 aliphatic carbocycles. The molecule has 3 aromatic carbocycles. The van der Waals surface area contributed by atoms with Crippen LogP contribution in [0.25, 0.3) is 39.4 Å². The molecule has 1 aliphatic heterocycles. The molecular weight excluding hydrogens is 615 g/mol. The smallest absolute Gasteiger partial charge is 0.440 e. The van der Waals surface area contributed by atoms with Crippen molar-refractivity contribution < 1.29 is 45.7 Å². The number of aryl methyl sites for hydroxylation is 2. The van der Waals surface area contributed by atoms with Gasteiger partial charge in [-0.1, -0.05) is 6.07 Å². The van der Waals surface area contributed by atoms with Crippen LogP contribution in [0.15, 0.2) is 64.0 Å². The summed E-state index contributed by atoms with van der Waals surface area (Å²) in [5.74, 6) is -0.338. The number of rotatable bonds is 8. The zero-order valence-corrected chi connectivity index (χ0v) is 25.0. The van der Waals surface area contributed by atoms with Crippen molar-refractivity contribution >= 4 is 9.84 Å². The molecule has 0 spiro atoms. The zero-order chi connectivity index (χ0) is 32.3. The van der Waals surface area contributed by atoms with Gasteiger partial charge in [0, 0.05) is 35.6 Å². The molecule has 3 heterocycles. The normalized spacial score (nSPS) is 13.9. The summed E-state index contributed by atoms with van der Waals surface area (Å²) >= 11 is 0. The number of aromatic nitrogens is 3. The molecule has 0 radical (unpaired) electrons. The molecule has 0 saturated heterocycles. The van der Waals surface area contributed by atoms with Crippen LogP contribution in [0.4, 0.5) is 13.2 Å². The lowest BCUT2D eigenvalue weighted by molar-refractivity contribution is -0.286. The maximum atomic E-state index is 15.1. The summed E-state index contributed by atoms with van der Waals surface area (Å²) in [5.41, 5.74) is 2.57. The van der Waals surface area contributed by atoms with Crippen molar-refractivity contribution in [1.82, 2.24) is 14.5 Å². The average molecular weight is 642 g/mol. The molecule has 0 fully saturated rings. The van der Waals surface area contributed by atoms with Crippen LogP contribution in [-0.2, 0) is 22.9 Å². The predicted molar refractivity (Wildman–Crippen MR) is 155 cm³/mol. The molecule has 0 amide bonds. The Bertz CT molecular complexity index is 2070. The third-order valence-corrected chi connectivity index (χ3v) is 8.38. The first-order chi connectivity index (χ1) is 21.3. The molecule has 14 heteroatoms. The van der Waals surface area contributed by atoms with Crippen molar-refractivity contribution in [2.45, 2.75) is 38.1 Å². The van der Waals surface area contributed by atoms with Crippen molar-refractivity contribution in [3.63, 3.8) is 0 Å². The number of aliphatic hydroxyl groups excluding tert-OH is 2. The highest BCUT2D eigenvalue weighted by atomic mass is 32.2. The number of hydrogen-bond acceptors (Lipinski definition) is 9. The van der Waals surface area contributed by atoms with Crippen LogP contribution in [0.5, 0.6) is 11.5 Å². The number of ether oxygens (including phenoxy) is 2. The second kappa shape index (κ2) is 11.1. The number of halogens is 3. The Morgan fingerprint density at radius 1 is 0.933 bits per heavy atom. The van der Waals surface area contributed by atoms with Crippen LogP contribution < -0.4 is 9.47 Å². The number of sulfone groups is 1. The fourth-order valence-corrected chi connectivity index (χ4v) is 6.23. The summed E-state index contributed by atoms with van der Waals surface area (Å²) in [6.45, 7) is 2.52. The Kier molecular flexibility index (Phi) is 7.46. The summed E-state index contributed by atoms with van der Waals surface area (Å²) in [4.78, 5) is 8.78. The lowest BCUT2D eigenvalue weighted by atomic mass is 9.97. The van der Waals surface area contributed by atoms with Gasteiger partial charge < -0.3 is 28.7 Å². The minimum Gasteiger partial charge on any atom is -0.440 e. The molecule has 1 aliphatic rings. The average Bonchev–Trinajstić information content (AvgIpc) is 3.64. The van der Waals surface area contributed by atoms with E-state index in [4.69, 9.17) is 4.42 Å². The van der Waals surface area contributed by atoms with E-state index in [1.165, 1.54) is 24.3 Å². The Hall–Kier alpha value is -4.66. The molecule has 6 rings (SSSR count). The number of imidazole rings is 1. The van der Waals surface area contributed by atoms with Crippen LogP contribution in [0.3, 0.4) is 0 Å². The van der Waals surface area contributed by atoms with Gasteiger partial charge in [-0.2, -0.15) is 0 Å². The lowest BCUT2D eigenvalue weighted by Gasteiger charge is -2.15. The standard InChI is InChI=1S/C31H26F3N3O7S/c1-16-14-37(17(2)35-16)24-6-4-18(20-11-23(32)22(15-39)27(13-20)45(3,40)41)10-21(24)29-30(42-28(36-29)8-9-38)19-5-7-25-26(12-19)44-31(33,34)43-25/h4-7,10-14,38-39H,8-9,15H2,1-3H3. The SMILES string of the molecule is Cc1cn(-c2ccc(-c3cc(F)c(CO)c(S(C)(=O)=O)c3)cc2-c2nc(CCO)oc2-c2ccc3c(c2)OC(F)(F)O3)c(C)n1. The van der Waals surface area contributed by atoms with E-state index in [0.29, 0.717) is 28.2 Å². The second-order valence-corrected chi connectivity index (χ2v) is 12.5. The van der Waals surface area contributed by atoms with E-state index in [1.54, 1.807) is 35.9 Å². The molecule has 2 N–H and O–H groups in total. The molecule has 0 bridgehead atoms. The predicted octanol–water partition coefficient (Wildman–Crippen LogP) is 5.37. The van der Waals surface area contributed by atoms with Gasteiger partial charge in [0.25, 0.3) is 0 Å². The molecule has 234 valence electrons. The maximum Gasteiger partial charge on any atom is 0.586 e. The van der Waals surface area contributed by atoms with Gasteiger partial charge in [0.15, 0.2) is 33.0 Å². The molecule has 5 aromatic rings. The number of fused-ring (bicyclic) bond motifs is 1. The van der Waals surface area contributed by atoms with E-state index in [0.717, 1.165) is 18.0 Å². The first-order valence-corrected chi connectivity index (χ1v) is 15.5. The maximum absolute atomic E-state index is 15.1. The minimum atomic E-state index is -3.91. The van der Waals surface area contributed by atoms with Crippen molar-refractivity contribution in [1.29, 1.82) is 0 Å². The first kappa shape index (κ1) is 30.4. The summed E-state index contributed by atoms with van der Waals surface area (Å²) in [7, 11) is -3.91. The van der Waals surface area contributed by atoms with E-state index in [1.807, 2.05) is 6.92 Å². The molecule has 0 unspecified atom stereocenters. The third-order valence-electron chi connectivity index (χ3n) is 7.22. The minimum absolute atomic E-state index is 0.0411. The Balaban J connectivity index is 1.60. The fraction of sp³-hybridized carbons (Fsp3) is 0.226. The fourth-order valence-electron chi connectivity index (χ4n) is 5.28. The van der Waals surface area contributed by atoms with Gasteiger partial charge in [0.2, 0.25) is 0 Å². The van der Waals surface area contributed by atoms with Gasteiger partial charge in [-0.25, -0.2) is 22.8 Å². The lowest BCUT2D eigenvalue weighted by Crippen LogP contribution is -2.25. The van der Waals surface area contributed by atoms with Crippen LogP contribution >= 0.6 is 0 Å². The zero-order valence-electron chi connectivity index (χ0n) is 24.1. The van der Waals surface area contributed by atoms with E-state index in [2.05, 4.69) is 19.4 Å². The van der Waals surface area contributed by atoms with Gasteiger partial charge in [0.05, 0.1) is 29.5 Å². The number of hydrogen-bond donors (Lipinski definition) is 2. The van der Waals surface area contributed by atoms with Crippen molar-refractivity contribution in [3.8, 4) is 50.9 Å². The van der Waals surface area contributed by atoms with E-state index < -0.39 is 28.6 Å². The van der Waals surface area contributed by atoms with Crippen LogP contribution in [0, 0.1) is 19.7 Å². The van der Waals surface area contributed by atoms with Gasteiger partial charge in [-0.15, -0.1) is 8.78 Å². The highest BCUT2D eigenvalue weighted by Crippen LogP contribution is 2.45. The van der Waals surface area contributed by atoms with Gasteiger partial charge in [0.1, 0.15) is 17.3 Å². The number of oxazole rings is 1. The van der Waals surface area contributed by atoms with Crippen molar-refractivity contribution in [2.24, 2.45) is 0 Å². The number of nitrogens with zero attached hydrogens (tertiary/aromatic N) is 3. The molecular formula is C31H26F3N3O7S. The van der Waals surface area contributed by atoms with Crippen molar-refractivity contribution in [2.75, 3.05) is 12.9 Å². The van der Waals surface area contributed by atoms with Crippen LogP contribution in [0.1, 0.15) is 23.0 Å². The van der Waals surface area contributed by atoms with Crippen LogP contribution in [0.2, 0.25) is 0 Å². The quantitative estimate of drug-likeness (QED) is 0.229. The monoisotopic (exact) mass is 641 g/mol. The highest BCUT2D eigenvalue weighted by molar-refractivity contribution is 7.90. The van der Waals surface area contributed by atoms with Crippen molar-refractivity contribution in [3.05, 3.63) is 83.5 Å². The summed E-state index contributed by atoms with van der Waals surface area (Å²) in [6.07, 6.45) is -1.08. The molecule has 0 atom stereocenters. The summed E-state index contributed by atoms with van der Waals surface area (Å²) in [6, 6.07) is 11.6. The van der Waals surface area contributed by atoms with Crippen LogP contribution in [-0.4, -0.2) is 52.3 Å². The first-order valence-electron chi connectivity index (χ1n) is 13.6. The molecule has 10 nitrogen and oxygen atoms in total. The van der Waals surface area contributed by atoms with E-state index in [9.17, 15) is 27.4 Å². The van der Waals surface area contributed by atoms with Gasteiger partial charge >= 0.3 is 6.29 Å². The number of aliphatic hydroxyl groups is 2.